The average molecular weight is 373 g/mol. The van der Waals surface area contributed by atoms with Gasteiger partial charge in [-0.1, -0.05) is 13.0 Å². The van der Waals surface area contributed by atoms with Crippen LogP contribution in [0.1, 0.15) is 23.7 Å². The van der Waals surface area contributed by atoms with E-state index in [2.05, 4.69) is 11.9 Å². The molecule has 0 radical (unpaired) electrons. The second-order valence-corrected chi connectivity index (χ2v) is 5.64. The zero-order valence-corrected chi connectivity index (χ0v) is 14.8. The van der Waals surface area contributed by atoms with Crippen LogP contribution in [0.5, 0.6) is 0 Å². The Balaban J connectivity index is 1.96. The number of hydrogen-bond acceptors (Lipinski definition) is 6. The van der Waals surface area contributed by atoms with E-state index in [1.807, 2.05) is 6.92 Å². The molecule has 0 unspecified atom stereocenters. The lowest BCUT2D eigenvalue weighted by molar-refractivity contribution is -0.143. The summed E-state index contributed by atoms with van der Waals surface area (Å²) in [6.07, 6.45) is 2.01. The molecule has 9 heteroatoms. The summed E-state index contributed by atoms with van der Waals surface area (Å²) in [6.45, 7) is 4.89. The highest BCUT2D eigenvalue weighted by Crippen LogP contribution is 2.14. The van der Waals surface area contributed by atoms with E-state index in [4.69, 9.17) is 4.74 Å². The third kappa shape index (κ3) is 4.57. The van der Waals surface area contributed by atoms with Gasteiger partial charge in [0.25, 0.3) is 0 Å². The van der Waals surface area contributed by atoms with E-state index in [1.165, 1.54) is 30.3 Å². The van der Waals surface area contributed by atoms with Crippen molar-refractivity contribution in [3.8, 4) is 0 Å². The Morgan fingerprint density at radius 2 is 1.74 bits per heavy atom. The molecule has 1 aromatic rings. The van der Waals surface area contributed by atoms with Gasteiger partial charge >= 0.3 is 23.8 Å². The minimum Gasteiger partial charge on any atom is -0.462 e. The van der Waals surface area contributed by atoms with Crippen molar-refractivity contribution in [2.24, 2.45) is 0 Å². The molecule has 9 nitrogen and oxygen atoms in total. The van der Waals surface area contributed by atoms with Crippen LogP contribution in [0.15, 0.2) is 36.9 Å². The first-order chi connectivity index (χ1) is 12.9. The van der Waals surface area contributed by atoms with E-state index in [0.717, 1.165) is 0 Å². The molecule has 1 aromatic carbocycles. The molecular formula is C18H19N3O6. The number of benzene rings is 1. The first kappa shape index (κ1) is 19.8. The van der Waals surface area contributed by atoms with Gasteiger partial charge in [0.15, 0.2) is 0 Å². The van der Waals surface area contributed by atoms with E-state index in [9.17, 15) is 24.0 Å². The highest BCUT2D eigenvalue weighted by molar-refractivity contribution is 6.45. The number of rotatable bonds is 8. The lowest BCUT2D eigenvalue weighted by atomic mass is 10.2. The second kappa shape index (κ2) is 8.75. The van der Waals surface area contributed by atoms with Crippen molar-refractivity contribution < 1.29 is 28.7 Å². The highest BCUT2D eigenvalue weighted by Gasteiger charge is 2.44. The number of carbonyl (C=O) groups is 5. The lowest BCUT2D eigenvalue weighted by Gasteiger charge is -2.14. The molecule has 0 aromatic heterocycles. The molecule has 1 aliphatic rings. The van der Waals surface area contributed by atoms with E-state index in [0.29, 0.717) is 34.1 Å². The van der Waals surface area contributed by atoms with Gasteiger partial charge in [0.05, 0.1) is 12.2 Å². The average Bonchev–Trinajstić information content (AvgIpc) is 2.85. The molecule has 0 bridgehead atoms. The monoisotopic (exact) mass is 373 g/mol. The van der Waals surface area contributed by atoms with Crippen LogP contribution in [0.25, 0.3) is 0 Å². The van der Waals surface area contributed by atoms with Gasteiger partial charge in [-0.25, -0.2) is 14.5 Å². The second-order valence-electron chi connectivity index (χ2n) is 5.64. The first-order valence-corrected chi connectivity index (χ1v) is 8.24. The Morgan fingerprint density at radius 1 is 1.11 bits per heavy atom. The number of nitrogens with one attached hydrogen (secondary N) is 1. The number of nitrogens with zero attached hydrogens (tertiary/aromatic N) is 2. The molecule has 0 aliphatic carbocycles. The largest absolute Gasteiger partial charge is 0.462 e. The normalized spacial score (nSPS) is 13.7. The maximum absolute atomic E-state index is 12.1. The summed E-state index contributed by atoms with van der Waals surface area (Å²) < 4.78 is 5.00. The van der Waals surface area contributed by atoms with Gasteiger partial charge < -0.3 is 10.1 Å². The molecule has 1 aliphatic heterocycles. The van der Waals surface area contributed by atoms with Crippen LogP contribution in [0.3, 0.4) is 0 Å². The van der Waals surface area contributed by atoms with Crippen LogP contribution in [0.4, 0.5) is 10.5 Å². The molecule has 142 valence electrons. The summed E-state index contributed by atoms with van der Waals surface area (Å²) >= 11 is 0. The van der Waals surface area contributed by atoms with Gasteiger partial charge in [0, 0.05) is 12.2 Å². The molecule has 0 spiro atoms. The third-order valence-electron chi connectivity index (χ3n) is 3.59. The van der Waals surface area contributed by atoms with Crippen LogP contribution < -0.4 is 5.32 Å². The van der Waals surface area contributed by atoms with Crippen molar-refractivity contribution in [1.29, 1.82) is 0 Å². The zero-order valence-electron chi connectivity index (χ0n) is 14.8. The molecule has 27 heavy (non-hydrogen) atoms. The fourth-order valence-corrected chi connectivity index (χ4v) is 2.29. The van der Waals surface area contributed by atoms with Gasteiger partial charge in [-0.2, -0.15) is 0 Å². The van der Waals surface area contributed by atoms with E-state index in [-0.39, 0.29) is 6.54 Å². The molecular weight excluding hydrogens is 354 g/mol. The summed E-state index contributed by atoms with van der Waals surface area (Å²) in [4.78, 5) is 60.7. The Morgan fingerprint density at radius 3 is 2.33 bits per heavy atom. The van der Waals surface area contributed by atoms with Gasteiger partial charge in [0.1, 0.15) is 6.54 Å². The highest BCUT2D eigenvalue weighted by atomic mass is 16.5. The molecule has 0 saturated carbocycles. The third-order valence-corrected chi connectivity index (χ3v) is 3.59. The summed E-state index contributed by atoms with van der Waals surface area (Å²) in [5, 5.41) is 2.49. The zero-order chi connectivity index (χ0) is 20.0. The summed E-state index contributed by atoms with van der Waals surface area (Å²) in [5.41, 5.74) is 0.692. The molecule has 1 saturated heterocycles. The van der Waals surface area contributed by atoms with Crippen LogP contribution in [0.2, 0.25) is 0 Å². The fourth-order valence-electron chi connectivity index (χ4n) is 2.29. The molecule has 1 heterocycles. The van der Waals surface area contributed by atoms with E-state index < -0.39 is 36.3 Å². The quantitative estimate of drug-likeness (QED) is 0.317. The van der Waals surface area contributed by atoms with Crippen molar-refractivity contribution in [2.75, 3.05) is 25.0 Å². The maximum Gasteiger partial charge on any atom is 0.338 e. The molecule has 1 N–H and O–H groups in total. The number of ether oxygens (including phenoxy) is 1. The van der Waals surface area contributed by atoms with Gasteiger partial charge in [0.2, 0.25) is 5.91 Å². The summed E-state index contributed by atoms with van der Waals surface area (Å²) in [5.74, 6) is -3.19. The molecule has 2 rings (SSSR count). The molecule has 0 atom stereocenters. The van der Waals surface area contributed by atoms with Crippen LogP contribution >= 0.6 is 0 Å². The van der Waals surface area contributed by atoms with Gasteiger partial charge in [-0.3, -0.25) is 19.3 Å². The van der Waals surface area contributed by atoms with Crippen molar-refractivity contribution in [3.63, 3.8) is 0 Å². The molecule has 5 amide bonds. The Kier molecular flexibility index (Phi) is 6.42. The number of esters is 1. The van der Waals surface area contributed by atoms with Gasteiger partial charge in [-0.15, -0.1) is 6.58 Å². The predicted octanol–water partition coefficient (Wildman–Crippen LogP) is 1.17. The van der Waals surface area contributed by atoms with Crippen molar-refractivity contribution in [2.45, 2.75) is 13.3 Å². The maximum atomic E-state index is 12.1. The SMILES string of the molecule is C=CCN1C(=O)C(=O)N(CC(=O)Nc2ccc(C(=O)OCCC)cc2)C1=O. The first-order valence-electron chi connectivity index (χ1n) is 8.24. The standard InChI is InChI=1S/C18H19N3O6/c1-3-9-20-15(23)16(24)21(18(20)26)11-14(22)19-13-7-5-12(6-8-13)17(25)27-10-4-2/h3,5-8H,1,4,9-11H2,2H3,(H,19,22). The van der Waals surface area contributed by atoms with Crippen LogP contribution in [0, 0.1) is 0 Å². The van der Waals surface area contributed by atoms with E-state index >= 15 is 0 Å². The summed E-state index contributed by atoms with van der Waals surface area (Å²) in [7, 11) is 0. The number of amides is 5. The minimum absolute atomic E-state index is 0.114. The van der Waals surface area contributed by atoms with Gasteiger partial charge in [-0.05, 0) is 30.7 Å². The van der Waals surface area contributed by atoms with Crippen LogP contribution in [-0.2, 0) is 19.1 Å². The van der Waals surface area contributed by atoms with Crippen molar-refractivity contribution in [1.82, 2.24) is 9.80 Å². The lowest BCUT2D eigenvalue weighted by Crippen LogP contribution is -2.39. The minimum atomic E-state index is -1.06. The number of carbonyl (C=O) groups excluding carboxylic acids is 5. The molecule has 1 fully saturated rings. The number of urea groups is 1. The van der Waals surface area contributed by atoms with Crippen LogP contribution in [-0.4, -0.2) is 59.2 Å². The van der Waals surface area contributed by atoms with Crippen molar-refractivity contribution >= 4 is 35.4 Å². The Labute approximate surface area is 155 Å². The predicted molar refractivity (Wildman–Crippen MR) is 94.7 cm³/mol. The topological polar surface area (TPSA) is 113 Å². The number of imide groups is 2. The number of anilines is 1. The number of hydrogen-bond donors (Lipinski definition) is 1. The Hall–Kier alpha value is -3.49. The summed E-state index contributed by atoms with van der Waals surface area (Å²) in [6, 6.07) is 5.07. The van der Waals surface area contributed by atoms with Crippen molar-refractivity contribution in [3.05, 3.63) is 42.5 Å². The fraction of sp³-hybridized carbons (Fsp3) is 0.278. The van der Waals surface area contributed by atoms with E-state index in [1.54, 1.807) is 0 Å². The Bertz CT molecular complexity index is 787. The smallest absolute Gasteiger partial charge is 0.338 e.